The Morgan fingerprint density at radius 3 is 2.13 bits per heavy atom. The summed E-state index contributed by atoms with van der Waals surface area (Å²) in [6.07, 6.45) is -3.95. The van der Waals surface area contributed by atoms with Gasteiger partial charge in [0.15, 0.2) is 0 Å². The number of alkyl halides is 3. The molecule has 0 atom stereocenters. The summed E-state index contributed by atoms with van der Waals surface area (Å²) in [4.78, 5) is 10.1. The van der Waals surface area contributed by atoms with Crippen molar-refractivity contribution in [1.29, 1.82) is 0 Å². The molecule has 80 valence electrons. The largest absolute Gasteiger partial charge is 0.417 e. The van der Waals surface area contributed by atoms with Crippen LogP contribution in [0.25, 0.3) is 5.57 Å². The molecule has 0 saturated carbocycles. The first-order chi connectivity index (χ1) is 6.95. The van der Waals surface area contributed by atoms with Gasteiger partial charge in [0.05, 0.1) is 5.57 Å². The minimum Gasteiger partial charge on any atom is -0.299 e. The molecular weight excluding hydrogens is 229 g/mol. The van der Waals surface area contributed by atoms with Crippen molar-refractivity contribution >= 4 is 23.5 Å². The van der Waals surface area contributed by atoms with Gasteiger partial charge in [-0.15, -0.1) is 0 Å². The average Bonchev–Trinajstić information content (AvgIpc) is 2.14. The van der Waals surface area contributed by atoms with E-state index in [-0.39, 0.29) is 11.8 Å². The monoisotopic (exact) mass is 234 g/mol. The summed E-state index contributed by atoms with van der Waals surface area (Å²) >= 11 is 5.54. The minimum atomic E-state index is -4.55. The summed E-state index contributed by atoms with van der Waals surface area (Å²) in [5, 5.41) is 0.339. The number of hydrogen-bond donors (Lipinski definition) is 0. The number of rotatable bonds is 2. The summed E-state index contributed by atoms with van der Waals surface area (Å²) < 4.78 is 37.3. The van der Waals surface area contributed by atoms with Crippen molar-refractivity contribution in [2.75, 3.05) is 0 Å². The lowest BCUT2D eigenvalue weighted by atomic mass is 10.1. The highest BCUT2D eigenvalue weighted by molar-refractivity contribution is 6.30. The highest BCUT2D eigenvalue weighted by atomic mass is 35.5. The zero-order valence-corrected chi connectivity index (χ0v) is 8.14. The molecule has 5 heteroatoms. The Kier molecular flexibility index (Phi) is 3.52. The SMILES string of the molecule is O=CC=C(c1ccc(Cl)cc1)C(F)(F)F. The van der Waals surface area contributed by atoms with Crippen LogP contribution in [0.4, 0.5) is 13.2 Å². The van der Waals surface area contributed by atoms with Crippen molar-refractivity contribution in [3.8, 4) is 0 Å². The summed E-state index contributed by atoms with van der Waals surface area (Å²) in [7, 11) is 0. The van der Waals surface area contributed by atoms with E-state index in [1.807, 2.05) is 0 Å². The number of hydrogen-bond acceptors (Lipinski definition) is 1. The Morgan fingerprint density at radius 2 is 1.73 bits per heavy atom. The maximum absolute atomic E-state index is 12.4. The van der Waals surface area contributed by atoms with Crippen molar-refractivity contribution in [3.63, 3.8) is 0 Å². The standard InChI is InChI=1S/C10H6ClF3O/c11-8-3-1-7(2-4-8)9(5-6-15)10(12,13)14/h1-6H. The van der Waals surface area contributed by atoms with E-state index in [0.29, 0.717) is 11.1 Å². The van der Waals surface area contributed by atoms with Gasteiger partial charge in [-0.05, 0) is 23.8 Å². The van der Waals surface area contributed by atoms with Crippen LogP contribution in [-0.4, -0.2) is 12.5 Å². The second kappa shape index (κ2) is 4.49. The van der Waals surface area contributed by atoms with Crippen LogP contribution in [0.5, 0.6) is 0 Å². The smallest absolute Gasteiger partial charge is 0.299 e. The molecule has 0 N–H and O–H groups in total. The number of allylic oxidation sites excluding steroid dienone is 2. The van der Waals surface area contributed by atoms with Crippen molar-refractivity contribution < 1.29 is 18.0 Å². The van der Waals surface area contributed by atoms with Gasteiger partial charge < -0.3 is 0 Å². The zero-order valence-electron chi connectivity index (χ0n) is 7.38. The highest BCUT2D eigenvalue weighted by Crippen LogP contribution is 2.33. The van der Waals surface area contributed by atoms with Crippen molar-refractivity contribution in [2.45, 2.75) is 6.18 Å². The fourth-order valence-electron chi connectivity index (χ4n) is 1.05. The van der Waals surface area contributed by atoms with Gasteiger partial charge in [0.25, 0.3) is 0 Å². The summed E-state index contributed by atoms with van der Waals surface area (Å²) in [6.45, 7) is 0. The van der Waals surface area contributed by atoms with Crippen LogP contribution >= 0.6 is 11.6 Å². The van der Waals surface area contributed by atoms with E-state index in [1.54, 1.807) is 0 Å². The molecule has 1 rings (SSSR count). The molecule has 1 aromatic rings. The first kappa shape index (κ1) is 11.8. The fraction of sp³-hybridized carbons (Fsp3) is 0.100. The molecule has 0 unspecified atom stereocenters. The molecule has 0 aliphatic rings. The van der Waals surface area contributed by atoms with Crippen molar-refractivity contribution in [2.24, 2.45) is 0 Å². The lowest BCUT2D eigenvalue weighted by molar-refractivity contribution is -0.104. The molecule has 0 radical (unpaired) electrons. The van der Waals surface area contributed by atoms with Gasteiger partial charge in [-0.3, -0.25) is 4.79 Å². The first-order valence-electron chi connectivity index (χ1n) is 3.94. The van der Waals surface area contributed by atoms with E-state index in [1.165, 1.54) is 24.3 Å². The summed E-state index contributed by atoms with van der Waals surface area (Å²) in [6, 6.07) is 5.10. The lowest BCUT2D eigenvalue weighted by Gasteiger charge is -2.10. The number of carbonyl (C=O) groups is 1. The van der Waals surface area contributed by atoms with E-state index >= 15 is 0 Å². The van der Waals surface area contributed by atoms with Gasteiger partial charge in [0.2, 0.25) is 0 Å². The van der Waals surface area contributed by atoms with Gasteiger partial charge >= 0.3 is 6.18 Å². The molecule has 0 aliphatic carbocycles. The molecule has 0 fully saturated rings. The number of aldehydes is 1. The highest BCUT2D eigenvalue weighted by Gasteiger charge is 2.34. The van der Waals surface area contributed by atoms with Crippen LogP contribution in [0.15, 0.2) is 30.3 Å². The predicted molar refractivity (Wildman–Crippen MR) is 51.5 cm³/mol. The second-order valence-electron chi connectivity index (χ2n) is 2.72. The topological polar surface area (TPSA) is 17.1 Å². The van der Waals surface area contributed by atoms with Crippen molar-refractivity contribution in [1.82, 2.24) is 0 Å². The third-order valence-corrected chi connectivity index (χ3v) is 1.95. The van der Waals surface area contributed by atoms with Gasteiger partial charge in [0.1, 0.15) is 6.29 Å². The van der Waals surface area contributed by atoms with E-state index < -0.39 is 11.7 Å². The summed E-state index contributed by atoms with van der Waals surface area (Å²) in [5.41, 5.74) is -1.06. The molecule has 0 amide bonds. The Morgan fingerprint density at radius 1 is 1.20 bits per heavy atom. The molecule has 0 bridgehead atoms. The maximum Gasteiger partial charge on any atom is 0.417 e. The quantitative estimate of drug-likeness (QED) is 0.566. The minimum absolute atomic E-state index is 0.0843. The number of benzene rings is 1. The third kappa shape index (κ3) is 3.09. The van der Waals surface area contributed by atoms with Gasteiger partial charge in [-0.1, -0.05) is 23.7 Å². The zero-order chi connectivity index (χ0) is 11.5. The van der Waals surface area contributed by atoms with Crippen LogP contribution < -0.4 is 0 Å². The maximum atomic E-state index is 12.4. The molecule has 1 aromatic carbocycles. The number of carbonyl (C=O) groups excluding carboxylic acids is 1. The second-order valence-corrected chi connectivity index (χ2v) is 3.16. The van der Waals surface area contributed by atoms with Gasteiger partial charge in [-0.2, -0.15) is 13.2 Å². The average molecular weight is 235 g/mol. The molecular formula is C10H6ClF3O. The van der Waals surface area contributed by atoms with Crippen LogP contribution in [0.3, 0.4) is 0 Å². The molecule has 0 aliphatic heterocycles. The predicted octanol–water partition coefficient (Wildman–Crippen LogP) is 3.48. The van der Waals surface area contributed by atoms with E-state index in [4.69, 9.17) is 11.6 Å². The van der Waals surface area contributed by atoms with Crippen molar-refractivity contribution in [3.05, 3.63) is 40.9 Å². The first-order valence-corrected chi connectivity index (χ1v) is 4.31. The Labute approximate surface area is 89.2 Å². The number of halogens is 4. The normalized spacial score (nSPS) is 12.7. The van der Waals surface area contributed by atoms with E-state index in [2.05, 4.69) is 0 Å². The molecule has 0 spiro atoms. The fourth-order valence-corrected chi connectivity index (χ4v) is 1.18. The van der Waals surface area contributed by atoms with Crippen LogP contribution in [0.2, 0.25) is 5.02 Å². The molecule has 0 heterocycles. The Hall–Kier alpha value is -1.29. The molecule has 0 saturated heterocycles. The third-order valence-electron chi connectivity index (χ3n) is 1.70. The molecule has 1 nitrogen and oxygen atoms in total. The molecule has 0 aromatic heterocycles. The van der Waals surface area contributed by atoms with E-state index in [9.17, 15) is 18.0 Å². The van der Waals surface area contributed by atoms with Crippen LogP contribution in [-0.2, 0) is 4.79 Å². The Balaban J connectivity index is 3.17. The van der Waals surface area contributed by atoms with Gasteiger partial charge in [0, 0.05) is 5.02 Å². The molecule has 15 heavy (non-hydrogen) atoms. The van der Waals surface area contributed by atoms with E-state index in [0.717, 1.165) is 0 Å². The lowest BCUT2D eigenvalue weighted by Crippen LogP contribution is -2.10. The van der Waals surface area contributed by atoms with Gasteiger partial charge in [-0.25, -0.2) is 0 Å². The summed E-state index contributed by atoms with van der Waals surface area (Å²) in [5.74, 6) is 0. The van der Waals surface area contributed by atoms with Crippen LogP contribution in [0, 0.1) is 0 Å². The Bertz CT molecular complexity index is 379. The van der Waals surface area contributed by atoms with Crippen LogP contribution in [0.1, 0.15) is 5.56 Å².